The third kappa shape index (κ3) is 46.9. The van der Waals surface area contributed by atoms with Crippen LogP contribution in [0.2, 0.25) is 0 Å². The van der Waals surface area contributed by atoms with Crippen LogP contribution in [-0.2, 0) is 125 Å². The fourth-order valence-electron chi connectivity index (χ4n) is 15.5. The van der Waals surface area contributed by atoms with Crippen LogP contribution < -0.4 is 0 Å². The maximum absolute atomic E-state index is 11.7. The van der Waals surface area contributed by atoms with Gasteiger partial charge in [-0.1, -0.05) is 267 Å². The number of carbonyl (C=O) groups excluding carboxylic acids is 4. The van der Waals surface area contributed by atoms with Gasteiger partial charge in [0.25, 0.3) is 0 Å². The van der Waals surface area contributed by atoms with Gasteiger partial charge in [-0.15, -0.1) is 140 Å². The van der Waals surface area contributed by atoms with Gasteiger partial charge in [0.15, 0.2) is 23.1 Å². The summed E-state index contributed by atoms with van der Waals surface area (Å²) >= 11 is 0. The first-order chi connectivity index (χ1) is 63.1. The summed E-state index contributed by atoms with van der Waals surface area (Å²) in [6, 6.07) is 74.3. The standard InChI is InChI=1S/4C21H22N.C13H24O2.C11H20O2.C9H16O2.C5H8O2.4Ir/c4*1-14(2)9-17-5-7-20-18(13-17)6-8-21(22-20)19-11-15(3)10-16(4)12-19;1-5-10(6-2)12(14)9-13(15)11(7-3)8-4;1-8(2)5-10(12)7-11(13)6-9(3)4;1-6(2)8(10)5-9(11)7(3)4;1-4(6)3-5(2)7;;;;/h4*5-8,10-11,13-14H,9H2,1-4H3;9-11,14H,5-8H2,1-4H3;7-9,12H,5-6H2,1-4H3;5-7,10H,1-4H3;3,6H,1-2H3;;;;/q4*-1;;;;;;;;. The summed E-state index contributed by atoms with van der Waals surface area (Å²) in [5.74, 6) is 4.33. The van der Waals surface area contributed by atoms with Crippen molar-refractivity contribution in [3.63, 3.8) is 0 Å². The van der Waals surface area contributed by atoms with Gasteiger partial charge in [0.2, 0.25) is 0 Å². The Morgan fingerprint density at radius 2 is 0.572 bits per heavy atom. The van der Waals surface area contributed by atoms with Gasteiger partial charge >= 0.3 is 0 Å². The minimum absolute atomic E-state index is 0. The van der Waals surface area contributed by atoms with E-state index in [9.17, 15) is 34.5 Å². The van der Waals surface area contributed by atoms with Crippen molar-refractivity contribution in [2.24, 2.45) is 59.2 Å². The largest absolute Gasteiger partial charge is 0.512 e. The molecule has 4 radical (unpaired) electrons. The number of hydrogen-bond donors (Lipinski definition) is 4. The molecule has 0 fully saturated rings. The van der Waals surface area contributed by atoms with Gasteiger partial charge in [0.05, 0.1) is 45.1 Å². The number of nitrogens with zero attached hydrogens (tertiary/aromatic N) is 4. The quantitative estimate of drug-likeness (QED) is 0.0206. The van der Waals surface area contributed by atoms with E-state index in [-0.39, 0.29) is 150 Å². The molecule has 0 spiro atoms. The molecule has 12 aromatic rings. The summed E-state index contributed by atoms with van der Waals surface area (Å²) in [6.45, 7) is 61.0. The fourth-order valence-corrected chi connectivity index (χ4v) is 15.5. The first kappa shape index (κ1) is 127. The minimum atomic E-state index is -0.125. The summed E-state index contributed by atoms with van der Waals surface area (Å²) in [7, 11) is 0. The van der Waals surface area contributed by atoms with Crippen LogP contribution >= 0.6 is 0 Å². The Morgan fingerprint density at radius 1 is 0.304 bits per heavy atom. The average molecular weight is 2580 g/mol. The Morgan fingerprint density at radius 3 is 0.783 bits per heavy atom. The second-order valence-corrected chi connectivity index (χ2v) is 39.3. The molecule has 0 amide bonds. The van der Waals surface area contributed by atoms with Crippen molar-refractivity contribution in [2.45, 2.75) is 272 Å². The molecule has 12 rings (SSSR count). The molecule has 4 aromatic heterocycles. The van der Waals surface area contributed by atoms with Gasteiger partial charge in [-0.2, -0.15) is 0 Å². The van der Waals surface area contributed by atoms with E-state index in [1.165, 1.54) is 104 Å². The van der Waals surface area contributed by atoms with Crippen LogP contribution in [-0.4, -0.2) is 63.5 Å². The number of carbonyl (C=O) groups is 4. The van der Waals surface area contributed by atoms with E-state index in [4.69, 9.17) is 25.0 Å². The molecule has 0 aliphatic carbocycles. The van der Waals surface area contributed by atoms with Crippen molar-refractivity contribution >= 4 is 66.7 Å². The van der Waals surface area contributed by atoms with Crippen molar-refractivity contribution in [1.82, 2.24) is 19.9 Å². The van der Waals surface area contributed by atoms with Crippen LogP contribution in [0.4, 0.5) is 0 Å². The Hall–Kier alpha value is -9.16. The summed E-state index contributed by atoms with van der Waals surface area (Å²) in [5.41, 5.74) is 27.7. The zero-order chi connectivity index (χ0) is 99.9. The van der Waals surface area contributed by atoms with Crippen LogP contribution in [0.3, 0.4) is 0 Å². The summed E-state index contributed by atoms with van der Waals surface area (Å²) < 4.78 is 0. The van der Waals surface area contributed by atoms with Crippen LogP contribution in [0.25, 0.3) is 88.6 Å². The van der Waals surface area contributed by atoms with Gasteiger partial charge in [-0.3, -0.25) is 39.1 Å². The van der Waals surface area contributed by atoms with E-state index in [2.05, 4.69) is 305 Å². The third-order valence-corrected chi connectivity index (χ3v) is 21.8. The number of ketones is 4. The Kier molecular flexibility index (Phi) is 59.1. The number of aromatic nitrogens is 4. The van der Waals surface area contributed by atoms with Gasteiger partial charge < -0.3 is 20.4 Å². The number of aryl methyl sites for hydroxylation is 8. The molecule has 0 saturated heterocycles. The average Bonchev–Trinajstić information content (AvgIpc) is 0.818. The van der Waals surface area contributed by atoms with Crippen molar-refractivity contribution in [3.05, 3.63) is 308 Å². The van der Waals surface area contributed by atoms with E-state index in [1.54, 1.807) is 0 Å². The molecule has 0 aliphatic heterocycles. The second kappa shape index (κ2) is 64.3. The van der Waals surface area contributed by atoms with Crippen LogP contribution in [0, 0.1) is 139 Å². The van der Waals surface area contributed by atoms with Crippen LogP contribution in [0.15, 0.2) is 217 Å². The molecule has 0 saturated carbocycles. The molecule has 4 N–H and O–H groups in total. The zero-order valence-electron chi connectivity index (χ0n) is 87.9. The molecule has 0 unspecified atom stereocenters. The molecule has 8 aromatic carbocycles. The van der Waals surface area contributed by atoms with E-state index in [1.807, 2.05) is 83.1 Å². The van der Waals surface area contributed by atoms with E-state index in [0.29, 0.717) is 48.3 Å². The molecule has 16 heteroatoms. The molecule has 0 aliphatic rings. The smallest absolute Gasteiger partial charge is 0.162 e. The molecular weight excluding hydrogens is 2420 g/mol. The zero-order valence-corrected chi connectivity index (χ0v) is 97.4. The number of fused-ring (bicyclic) bond motifs is 4. The predicted octanol–water partition coefficient (Wildman–Crippen LogP) is 32.4. The first-order valence-corrected chi connectivity index (χ1v) is 48.4. The van der Waals surface area contributed by atoms with Crippen molar-refractivity contribution in [2.75, 3.05) is 0 Å². The number of pyridine rings is 4. The number of allylic oxidation sites excluding steroid dienone is 8. The van der Waals surface area contributed by atoms with Gasteiger partial charge in [-0.05, 0) is 216 Å². The summed E-state index contributed by atoms with van der Waals surface area (Å²) in [6.07, 6.45) is 14.3. The maximum atomic E-state index is 11.7. The van der Waals surface area contributed by atoms with Gasteiger partial charge in [0.1, 0.15) is 0 Å². The van der Waals surface area contributed by atoms with Crippen molar-refractivity contribution < 1.29 is 120 Å². The molecule has 752 valence electrons. The number of hydrogen-bond acceptors (Lipinski definition) is 12. The number of aliphatic hydroxyl groups excluding tert-OH is 4. The van der Waals surface area contributed by atoms with E-state index in [0.717, 1.165) is 141 Å². The Bertz CT molecular complexity index is 5320. The SMILES string of the molecule is CC(=O)C=C(C)O.CC(C)C(=O)C=C(O)C(C)C.CC(C)CC(=O)C=C(O)CC(C)C.CCC(CC)C(=O)C=C(O)C(CC)CC.Cc1[c-]c(-c2ccc3cc(CC(C)C)ccc3n2)cc(C)c1.Cc1[c-]c(-c2ccc3cc(CC(C)C)ccc3n2)cc(C)c1.Cc1[c-]c(-c2ccc3cc(CC(C)C)ccc3n2)cc(C)c1.Cc1[c-]c(-c2ccc3cc(CC(C)C)ccc3n2)cc(C)c1.[Ir].[Ir].[Ir].[Ir]. The maximum Gasteiger partial charge on any atom is 0.162 e. The van der Waals surface area contributed by atoms with Gasteiger partial charge in [-0.25, -0.2) is 0 Å². The molecule has 0 bridgehead atoms. The first-order valence-electron chi connectivity index (χ1n) is 48.4. The topological polar surface area (TPSA) is 201 Å². The molecule has 0 atom stereocenters. The normalized spacial score (nSPS) is 11.4. The number of rotatable bonds is 28. The molecular formula is C122H156Ir4N4O8-4. The van der Waals surface area contributed by atoms with E-state index < -0.39 is 0 Å². The molecule has 138 heavy (non-hydrogen) atoms. The fraction of sp³-hybridized carbons (Fsp3) is 0.410. The van der Waals surface area contributed by atoms with Crippen LogP contribution in [0.1, 0.15) is 258 Å². The Labute approximate surface area is 883 Å². The summed E-state index contributed by atoms with van der Waals surface area (Å²) in [5, 5.41) is 41.5. The van der Waals surface area contributed by atoms with Crippen molar-refractivity contribution in [3.8, 4) is 45.0 Å². The second-order valence-electron chi connectivity index (χ2n) is 39.3. The van der Waals surface area contributed by atoms with Crippen molar-refractivity contribution in [1.29, 1.82) is 0 Å². The monoisotopic (exact) mass is 2580 g/mol. The summed E-state index contributed by atoms with van der Waals surface area (Å²) in [4.78, 5) is 63.2. The number of aliphatic hydroxyl groups is 4. The van der Waals surface area contributed by atoms with Crippen LogP contribution in [0.5, 0.6) is 0 Å². The molecule has 12 nitrogen and oxygen atoms in total. The predicted molar refractivity (Wildman–Crippen MR) is 567 cm³/mol. The van der Waals surface area contributed by atoms with Gasteiger partial charge in [0, 0.05) is 141 Å². The van der Waals surface area contributed by atoms with E-state index >= 15 is 0 Å². The Balaban J connectivity index is 0.000000802. The third-order valence-electron chi connectivity index (χ3n) is 21.8. The minimum Gasteiger partial charge on any atom is -0.512 e. The molecule has 4 heterocycles. The number of benzene rings is 8.